The van der Waals surface area contributed by atoms with E-state index in [9.17, 15) is 0 Å². The normalized spacial score (nSPS) is 11.1. The minimum Gasteiger partial charge on any atom is -0.0736 e. The van der Waals surface area contributed by atoms with Crippen LogP contribution in [0.2, 0.25) is 0 Å². The minimum atomic E-state index is 1.26. The number of benzene rings is 5. The number of fused-ring (bicyclic) bond motifs is 2. The van der Waals surface area contributed by atoms with Gasteiger partial charge in [-0.2, -0.15) is 0 Å². The van der Waals surface area contributed by atoms with Crippen LogP contribution in [0.15, 0.2) is 97.1 Å². The fourth-order valence-electron chi connectivity index (χ4n) is 4.27. The Hall–Kier alpha value is -3.25. The lowest BCUT2D eigenvalue weighted by atomic mass is 9.76. The van der Waals surface area contributed by atoms with Gasteiger partial charge in [0.2, 0.25) is 0 Å². The van der Waals surface area contributed by atoms with Gasteiger partial charge in [0, 0.05) is 0 Å². The van der Waals surface area contributed by atoms with Gasteiger partial charge in [-0.05, 0) is 55.9 Å². The van der Waals surface area contributed by atoms with E-state index in [4.69, 9.17) is 0 Å². The second kappa shape index (κ2) is 6.73. The zero-order chi connectivity index (χ0) is 19.1. The van der Waals surface area contributed by atoms with Crippen molar-refractivity contribution in [3.8, 4) is 22.3 Å². The van der Waals surface area contributed by atoms with Crippen LogP contribution >= 0.6 is 0 Å². The average molecular weight is 354 g/mol. The van der Waals surface area contributed by atoms with Crippen molar-refractivity contribution in [2.45, 2.75) is 0 Å². The maximum absolute atomic E-state index is 2.34. The third-order valence-corrected chi connectivity index (χ3v) is 5.87. The van der Waals surface area contributed by atoms with Gasteiger partial charge in [-0.25, -0.2) is 0 Å². The maximum atomic E-state index is 2.34. The molecule has 0 N–H and O–H groups in total. The topological polar surface area (TPSA) is 0 Å². The fraction of sp³-hybridized carbons (Fsp3) is 0. The van der Waals surface area contributed by atoms with Crippen molar-refractivity contribution in [3.05, 3.63) is 97.1 Å². The number of rotatable bonds is 2. The monoisotopic (exact) mass is 354 g/mol. The second-order valence-corrected chi connectivity index (χ2v) is 7.50. The first-order valence-corrected chi connectivity index (χ1v) is 9.80. The summed E-state index contributed by atoms with van der Waals surface area (Å²) in [5.74, 6) is 0. The van der Waals surface area contributed by atoms with E-state index in [0.29, 0.717) is 0 Å². The Balaban J connectivity index is 1.76. The number of hydrogen-bond acceptors (Lipinski definition) is 0. The highest BCUT2D eigenvalue weighted by Gasteiger charge is 2.11. The van der Waals surface area contributed by atoms with Crippen LogP contribution in [0.3, 0.4) is 0 Å². The lowest BCUT2D eigenvalue weighted by Gasteiger charge is -2.15. The summed E-state index contributed by atoms with van der Waals surface area (Å²) in [4.78, 5) is 0. The van der Waals surface area contributed by atoms with Gasteiger partial charge in [-0.3, -0.25) is 0 Å². The molecule has 0 aliphatic rings. The Morgan fingerprint density at radius 2 is 0.750 bits per heavy atom. The van der Waals surface area contributed by atoms with Crippen molar-refractivity contribution in [3.63, 3.8) is 0 Å². The molecular formula is C26H20B2. The van der Waals surface area contributed by atoms with E-state index < -0.39 is 0 Å². The molecule has 0 aromatic heterocycles. The summed E-state index contributed by atoms with van der Waals surface area (Å²) in [5.41, 5.74) is 7.79. The molecule has 0 aliphatic heterocycles. The molecule has 0 saturated heterocycles. The molecule has 0 nitrogen and oxygen atoms in total. The molecule has 0 bridgehead atoms. The predicted octanol–water partition coefficient (Wildman–Crippen LogP) is 3.84. The highest BCUT2D eigenvalue weighted by Crippen LogP contribution is 2.27. The first-order chi connectivity index (χ1) is 13.7. The first-order valence-electron chi connectivity index (χ1n) is 9.80. The highest BCUT2D eigenvalue weighted by molar-refractivity contribution is 6.53. The van der Waals surface area contributed by atoms with Crippen LogP contribution in [0.25, 0.3) is 43.8 Å². The highest BCUT2D eigenvalue weighted by atomic mass is 14.1. The molecule has 0 spiro atoms. The third-order valence-electron chi connectivity index (χ3n) is 5.87. The molecule has 0 fully saturated rings. The molecule has 0 aliphatic carbocycles. The summed E-state index contributed by atoms with van der Waals surface area (Å²) in [6, 6.07) is 35.0. The lowest BCUT2D eigenvalue weighted by molar-refractivity contribution is 1.65. The standard InChI is InChI=1S/C26H20B2/c27-25-22-14-12-20(18-9-5-2-6-10-18)16-24(22)26(28)21-13-11-19(15-23(21)25)17-7-3-1-4-8-17/h1-16H,27-28H2. The third kappa shape index (κ3) is 2.73. The van der Waals surface area contributed by atoms with Crippen molar-refractivity contribution in [2.75, 3.05) is 0 Å². The van der Waals surface area contributed by atoms with Gasteiger partial charge in [0.1, 0.15) is 15.7 Å². The molecule has 2 heteroatoms. The molecule has 0 unspecified atom stereocenters. The predicted molar refractivity (Wildman–Crippen MR) is 129 cm³/mol. The molecule has 28 heavy (non-hydrogen) atoms. The van der Waals surface area contributed by atoms with Crippen molar-refractivity contribution in [1.82, 2.24) is 0 Å². The molecule has 0 radical (unpaired) electrons. The molecule has 0 heterocycles. The molecule has 5 aromatic carbocycles. The summed E-state index contributed by atoms with van der Waals surface area (Å²) >= 11 is 0. The lowest BCUT2D eigenvalue weighted by Crippen LogP contribution is -2.16. The van der Waals surface area contributed by atoms with E-state index >= 15 is 0 Å². The average Bonchev–Trinajstić information content (AvgIpc) is 2.78. The molecule has 0 atom stereocenters. The van der Waals surface area contributed by atoms with Gasteiger partial charge >= 0.3 is 0 Å². The summed E-state index contributed by atoms with van der Waals surface area (Å²) < 4.78 is 0. The van der Waals surface area contributed by atoms with Crippen LogP contribution in [0.5, 0.6) is 0 Å². The summed E-state index contributed by atoms with van der Waals surface area (Å²) in [5, 5.41) is 5.38. The Kier molecular flexibility index (Phi) is 4.06. The Labute approximate surface area is 167 Å². The smallest absolute Gasteiger partial charge is 0.0736 e. The Morgan fingerprint density at radius 3 is 1.14 bits per heavy atom. The van der Waals surface area contributed by atoms with E-state index in [2.05, 4.69) is 113 Å². The van der Waals surface area contributed by atoms with Gasteiger partial charge < -0.3 is 0 Å². The van der Waals surface area contributed by atoms with Gasteiger partial charge in [-0.15, -0.1) is 0 Å². The molecule has 130 valence electrons. The van der Waals surface area contributed by atoms with Gasteiger partial charge in [0.15, 0.2) is 0 Å². The second-order valence-electron chi connectivity index (χ2n) is 7.50. The zero-order valence-electron chi connectivity index (χ0n) is 16.2. The summed E-state index contributed by atoms with van der Waals surface area (Å²) in [7, 11) is 4.50. The van der Waals surface area contributed by atoms with E-state index in [-0.39, 0.29) is 0 Å². The van der Waals surface area contributed by atoms with E-state index in [1.54, 1.807) is 0 Å². The van der Waals surface area contributed by atoms with Crippen LogP contribution < -0.4 is 10.9 Å². The first kappa shape index (κ1) is 16.9. The molecular weight excluding hydrogens is 334 g/mol. The molecule has 0 amide bonds. The van der Waals surface area contributed by atoms with Crippen molar-refractivity contribution in [2.24, 2.45) is 0 Å². The Bertz CT molecular complexity index is 1200. The quantitative estimate of drug-likeness (QED) is 0.334. The maximum Gasteiger partial charge on any atom is 0.140 e. The van der Waals surface area contributed by atoms with Crippen LogP contribution in [0, 0.1) is 0 Å². The minimum absolute atomic E-state index is 1.26. The summed E-state index contributed by atoms with van der Waals surface area (Å²) in [6.45, 7) is 0. The number of hydrogen-bond donors (Lipinski definition) is 0. The van der Waals surface area contributed by atoms with Crippen LogP contribution in [-0.4, -0.2) is 15.7 Å². The van der Waals surface area contributed by atoms with Crippen molar-refractivity contribution >= 4 is 48.2 Å². The van der Waals surface area contributed by atoms with Crippen LogP contribution in [-0.2, 0) is 0 Å². The van der Waals surface area contributed by atoms with Crippen molar-refractivity contribution in [1.29, 1.82) is 0 Å². The zero-order valence-corrected chi connectivity index (χ0v) is 16.2. The van der Waals surface area contributed by atoms with Gasteiger partial charge in [-0.1, -0.05) is 95.9 Å². The SMILES string of the molecule is Bc1c2ccc(-c3ccccc3)cc2c(B)c2ccc(-c3ccccc3)cc12. The van der Waals surface area contributed by atoms with E-state index in [1.165, 1.54) is 54.7 Å². The summed E-state index contributed by atoms with van der Waals surface area (Å²) in [6.07, 6.45) is 0. The molecule has 5 aromatic rings. The Morgan fingerprint density at radius 1 is 0.357 bits per heavy atom. The molecule has 5 rings (SSSR count). The largest absolute Gasteiger partial charge is 0.140 e. The molecule has 0 saturated carbocycles. The fourth-order valence-corrected chi connectivity index (χ4v) is 4.27. The van der Waals surface area contributed by atoms with E-state index in [0.717, 1.165) is 0 Å². The van der Waals surface area contributed by atoms with Crippen molar-refractivity contribution < 1.29 is 0 Å². The van der Waals surface area contributed by atoms with Crippen LogP contribution in [0.1, 0.15) is 0 Å². The van der Waals surface area contributed by atoms with Gasteiger partial charge in [0.25, 0.3) is 0 Å². The van der Waals surface area contributed by atoms with E-state index in [1.807, 2.05) is 0 Å². The van der Waals surface area contributed by atoms with Crippen LogP contribution in [0.4, 0.5) is 0 Å². The van der Waals surface area contributed by atoms with Gasteiger partial charge in [0.05, 0.1) is 0 Å².